The van der Waals surface area contributed by atoms with Crippen molar-refractivity contribution in [2.24, 2.45) is 5.10 Å². The first-order valence-electron chi connectivity index (χ1n) is 11.5. The van der Waals surface area contributed by atoms with Gasteiger partial charge >= 0.3 is 0 Å². The van der Waals surface area contributed by atoms with Crippen LogP contribution in [0.3, 0.4) is 0 Å². The number of methoxy groups -OCH3 is 1. The lowest BCUT2D eigenvalue weighted by molar-refractivity contribution is -0.139. The van der Waals surface area contributed by atoms with Crippen LogP contribution in [0.2, 0.25) is 0 Å². The Morgan fingerprint density at radius 2 is 1.91 bits per heavy atom. The molecule has 0 bridgehead atoms. The number of nitrogens with zero attached hydrogens (tertiary/aromatic N) is 2. The number of ether oxygens (including phenoxy) is 2. The fourth-order valence-electron chi connectivity index (χ4n) is 4.50. The molecule has 2 unspecified atom stereocenters. The van der Waals surface area contributed by atoms with Crippen LogP contribution >= 0.6 is 0 Å². The minimum Gasteiger partial charge on any atom is -0.493 e. The molecule has 0 aliphatic carbocycles. The normalized spacial score (nSPS) is 18.3. The molecular weight excluding hydrogens is 432 g/mol. The van der Waals surface area contributed by atoms with Crippen LogP contribution in [0.1, 0.15) is 49.0 Å². The zero-order valence-electron chi connectivity index (χ0n) is 19.7. The molecule has 4 rings (SSSR count). The number of benzene rings is 2. The van der Waals surface area contributed by atoms with Gasteiger partial charge in [-0.25, -0.2) is 5.43 Å². The van der Waals surface area contributed by atoms with Gasteiger partial charge in [0.2, 0.25) is 0 Å². The number of hydrogen-bond acceptors (Lipinski definition) is 5. The number of H-pyrrole nitrogens is 1. The van der Waals surface area contributed by atoms with Gasteiger partial charge in [-0.3, -0.25) is 9.59 Å². The lowest BCUT2D eigenvalue weighted by Gasteiger charge is -2.39. The highest BCUT2D eigenvalue weighted by Gasteiger charge is 2.29. The van der Waals surface area contributed by atoms with Crippen molar-refractivity contribution in [2.45, 2.75) is 45.2 Å². The van der Waals surface area contributed by atoms with Gasteiger partial charge in [0.05, 0.1) is 18.9 Å². The van der Waals surface area contributed by atoms with Crippen LogP contribution in [0.25, 0.3) is 10.9 Å². The van der Waals surface area contributed by atoms with Gasteiger partial charge in [0.1, 0.15) is 0 Å². The predicted molar refractivity (Wildman–Crippen MR) is 131 cm³/mol. The summed E-state index contributed by atoms with van der Waals surface area (Å²) in [5, 5.41) is 4.90. The number of nitrogens with one attached hydrogen (secondary N) is 2. The summed E-state index contributed by atoms with van der Waals surface area (Å²) in [7, 11) is 1.54. The number of carbonyl (C=O) groups excluding carboxylic acids is 2. The SMILES string of the molecule is COc1cc(C=NNC(=O)c2c[nH]c3ccccc23)ccc1OCC(=O)N1C(C)CCCC1C. The molecule has 1 aliphatic rings. The molecule has 2 aromatic carbocycles. The summed E-state index contributed by atoms with van der Waals surface area (Å²) in [6.07, 6.45) is 6.37. The van der Waals surface area contributed by atoms with Crippen molar-refractivity contribution in [2.75, 3.05) is 13.7 Å². The Labute approximate surface area is 198 Å². The Morgan fingerprint density at radius 1 is 1.15 bits per heavy atom. The minimum atomic E-state index is -0.305. The van der Waals surface area contributed by atoms with E-state index in [2.05, 4.69) is 29.4 Å². The largest absolute Gasteiger partial charge is 0.493 e. The lowest BCUT2D eigenvalue weighted by atomic mass is 9.97. The van der Waals surface area contributed by atoms with Gasteiger partial charge in [0, 0.05) is 29.2 Å². The second-order valence-corrected chi connectivity index (χ2v) is 8.58. The molecule has 2 atom stereocenters. The van der Waals surface area contributed by atoms with E-state index in [0.29, 0.717) is 22.6 Å². The molecule has 34 heavy (non-hydrogen) atoms. The third kappa shape index (κ3) is 5.06. The maximum absolute atomic E-state index is 12.7. The molecule has 1 aromatic heterocycles. The third-order valence-electron chi connectivity index (χ3n) is 6.23. The fourth-order valence-corrected chi connectivity index (χ4v) is 4.50. The number of hydrazone groups is 1. The molecule has 1 aliphatic heterocycles. The highest BCUT2D eigenvalue weighted by molar-refractivity contribution is 6.06. The number of amides is 2. The maximum atomic E-state index is 12.7. The highest BCUT2D eigenvalue weighted by Crippen LogP contribution is 2.28. The van der Waals surface area contributed by atoms with Crippen LogP contribution in [-0.2, 0) is 4.79 Å². The highest BCUT2D eigenvalue weighted by atomic mass is 16.5. The number of likely N-dealkylation sites (tertiary alicyclic amines) is 1. The average Bonchev–Trinajstić information content (AvgIpc) is 3.27. The molecule has 3 aromatic rings. The minimum absolute atomic E-state index is 0.0209. The predicted octanol–water partition coefficient (Wildman–Crippen LogP) is 4.11. The number of piperidine rings is 1. The van der Waals surface area contributed by atoms with Crippen LogP contribution in [0.15, 0.2) is 53.8 Å². The van der Waals surface area contributed by atoms with Crippen molar-refractivity contribution in [3.05, 3.63) is 59.8 Å². The van der Waals surface area contributed by atoms with Crippen LogP contribution < -0.4 is 14.9 Å². The number of aromatic nitrogens is 1. The zero-order valence-corrected chi connectivity index (χ0v) is 19.7. The number of hydrogen-bond donors (Lipinski definition) is 2. The number of fused-ring (bicyclic) bond motifs is 1. The molecule has 178 valence electrons. The standard InChI is InChI=1S/C26H30N4O4/c1-17-7-6-8-18(2)30(17)25(31)16-34-23-12-11-19(13-24(23)33-3)14-28-29-26(32)21-15-27-22-10-5-4-9-20(21)22/h4-5,9-15,17-18,27H,6-8,16H2,1-3H3,(H,29,32). The zero-order chi connectivity index (χ0) is 24.1. The topological polar surface area (TPSA) is 96.0 Å². The van der Waals surface area contributed by atoms with Gasteiger partial charge < -0.3 is 19.4 Å². The molecule has 1 saturated heterocycles. The monoisotopic (exact) mass is 462 g/mol. The van der Waals surface area contributed by atoms with Gasteiger partial charge in [-0.2, -0.15) is 5.10 Å². The van der Waals surface area contributed by atoms with Gasteiger partial charge in [0.15, 0.2) is 18.1 Å². The number of aromatic amines is 1. The van der Waals surface area contributed by atoms with Crippen molar-refractivity contribution < 1.29 is 19.1 Å². The summed E-state index contributed by atoms with van der Waals surface area (Å²) in [6, 6.07) is 13.3. The molecule has 0 radical (unpaired) electrons. The summed E-state index contributed by atoms with van der Waals surface area (Å²) in [5.41, 5.74) is 4.68. The van der Waals surface area contributed by atoms with E-state index in [1.54, 1.807) is 31.5 Å². The summed E-state index contributed by atoms with van der Waals surface area (Å²) in [5.74, 6) is 0.639. The average molecular weight is 463 g/mol. The Kier molecular flexibility index (Phi) is 7.15. The van der Waals surface area contributed by atoms with Gasteiger partial charge in [0.25, 0.3) is 11.8 Å². The van der Waals surface area contributed by atoms with E-state index in [-0.39, 0.29) is 30.5 Å². The Morgan fingerprint density at radius 3 is 2.68 bits per heavy atom. The van der Waals surface area contributed by atoms with E-state index in [1.165, 1.54) is 6.21 Å². The number of carbonyl (C=O) groups is 2. The Balaban J connectivity index is 1.37. The van der Waals surface area contributed by atoms with Gasteiger partial charge in [-0.05, 0) is 62.9 Å². The second kappa shape index (κ2) is 10.4. The molecular formula is C26H30N4O4. The molecule has 2 heterocycles. The van der Waals surface area contributed by atoms with Crippen molar-refractivity contribution in [3.8, 4) is 11.5 Å². The van der Waals surface area contributed by atoms with Crippen molar-refractivity contribution in [1.82, 2.24) is 15.3 Å². The van der Waals surface area contributed by atoms with Crippen molar-refractivity contribution in [3.63, 3.8) is 0 Å². The Bertz CT molecular complexity index is 1190. The van der Waals surface area contributed by atoms with E-state index in [4.69, 9.17) is 9.47 Å². The van der Waals surface area contributed by atoms with Crippen molar-refractivity contribution in [1.29, 1.82) is 0 Å². The first kappa shape index (κ1) is 23.4. The van der Waals surface area contributed by atoms with E-state index in [0.717, 1.165) is 30.2 Å². The first-order valence-corrected chi connectivity index (χ1v) is 11.5. The van der Waals surface area contributed by atoms with Gasteiger partial charge in [-0.1, -0.05) is 18.2 Å². The van der Waals surface area contributed by atoms with E-state index in [9.17, 15) is 9.59 Å². The summed E-state index contributed by atoms with van der Waals surface area (Å²) < 4.78 is 11.2. The smallest absolute Gasteiger partial charge is 0.273 e. The quantitative estimate of drug-likeness (QED) is 0.408. The summed E-state index contributed by atoms with van der Waals surface area (Å²) in [4.78, 5) is 30.2. The first-order chi connectivity index (χ1) is 16.5. The third-order valence-corrected chi connectivity index (χ3v) is 6.23. The molecule has 2 N–H and O–H groups in total. The fraction of sp³-hybridized carbons (Fsp3) is 0.346. The molecule has 0 spiro atoms. The number of para-hydroxylation sites is 1. The van der Waals surface area contributed by atoms with Crippen molar-refractivity contribution >= 4 is 28.9 Å². The summed E-state index contributed by atoms with van der Waals surface area (Å²) in [6.45, 7) is 4.12. The van der Waals surface area contributed by atoms with Crippen LogP contribution in [0, 0.1) is 0 Å². The maximum Gasteiger partial charge on any atom is 0.273 e. The lowest BCUT2D eigenvalue weighted by Crippen LogP contribution is -2.49. The second-order valence-electron chi connectivity index (χ2n) is 8.58. The molecule has 0 saturated carbocycles. The van der Waals surface area contributed by atoms with Crippen LogP contribution in [0.5, 0.6) is 11.5 Å². The van der Waals surface area contributed by atoms with E-state index < -0.39 is 0 Å². The molecule has 2 amide bonds. The summed E-state index contributed by atoms with van der Waals surface area (Å²) >= 11 is 0. The molecule has 8 heteroatoms. The van der Waals surface area contributed by atoms with Crippen LogP contribution in [0.4, 0.5) is 0 Å². The molecule has 8 nitrogen and oxygen atoms in total. The van der Waals surface area contributed by atoms with E-state index >= 15 is 0 Å². The van der Waals surface area contributed by atoms with E-state index in [1.807, 2.05) is 29.2 Å². The Hall–Kier alpha value is -3.81. The molecule has 1 fully saturated rings. The number of rotatable bonds is 7. The van der Waals surface area contributed by atoms with Gasteiger partial charge in [-0.15, -0.1) is 0 Å². The van der Waals surface area contributed by atoms with Crippen LogP contribution in [-0.4, -0.2) is 53.7 Å².